The van der Waals surface area contributed by atoms with Gasteiger partial charge in [-0.05, 0) is 37.1 Å². The zero-order valence-electron chi connectivity index (χ0n) is 18.2. The number of carbonyl (C=O) groups excluding carboxylic acids is 1. The van der Waals surface area contributed by atoms with E-state index in [-0.39, 0.29) is 23.5 Å². The molecule has 1 atom stereocenters. The molecule has 0 unspecified atom stereocenters. The van der Waals surface area contributed by atoms with Gasteiger partial charge in [-0.25, -0.2) is 19.3 Å². The van der Waals surface area contributed by atoms with Crippen molar-refractivity contribution in [2.24, 2.45) is 0 Å². The first-order valence-corrected chi connectivity index (χ1v) is 10.9. The molecule has 0 radical (unpaired) electrons. The minimum absolute atomic E-state index is 0.0816. The van der Waals surface area contributed by atoms with Crippen molar-refractivity contribution in [3.05, 3.63) is 90.8 Å². The van der Waals surface area contributed by atoms with Crippen molar-refractivity contribution in [3.8, 4) is 22.9 Å². The summed E-state index contributed by atoms with van der Waals surface area (Å²) in [4.78, 5) is 36.1. The first kappa shape index (κ1) is 21.6. The summed E-state index contributed by atoms with van der Waals surface area (Å²) in [6, 6.07) is 9.71. The molecule has 8 nitrogen and oxygen atoms in total. The summed E-state index contributed by atoms with van der Waals surface area (Å²) in [5.41, 5.74) is 2.59. The lowest BCUT2D eigenvalue weighted by Crippen LogP contribution is -2.39. The molecule has 4 heterocycles. The Labute approximate surface area is 195 Å². The molecule has 0 bridgehead atoms. The van der Waals surface area contributed by atoms with E-state index in [4.69, 9.17) is 4.74 Å². The summed E-state index contributed by atoms with van der Waals surface area (Å²) in [5.74, 6) is -0.320. The fourth-order valence-electron chi connectivity index (χ4n) is 4.02. The van der Waals surface area contributed by atoms with E-state index in [9.17, 15) is 9.18 Å². The van der Waals surface area contributed by atoms with E-state index in [1.807, 2.05) is 0 Å². The number of nitrogens with zero attached hydrogens (tertiary/aromatic N) is 6. The van der Waals surface area contributed by atoms with Gasteiger partial charge in [0.1, 0.15) is 12.0 Å². The van der Waals surface area contributed by atoms with Crippen LogP contribution in [0.5, 0.6) is 11.6 Å². The van der Waals surface area contributed by atoms with Crippen molar-refractivity contribution < 1.29 is 13.9 Å². The first-order chi connectivity index (χ1) is 16.7. The summed E-state index contributed by atoms with van der Waals surface area (Å²) < 4.78 is 19.9. The second-order valence-electron chi connectivity index (χ2n) is 7.93. The van der Waals surface area contributed by atoms with Crippen LogP contribution in [-0.2, 0) is 0 Å². The van der Waals surface area contributed by atoms with Crippen molar-refractivity contribution in [1.29, 1.82) is 0 Å². The van der Waals surface area contributed by atoms with Gasteiger partial charge in [0, 0.05) is 55.6 Å². The third kappa shape index (κ3) is 4.59. The number of amides is 1. The molecule has 1 aromatic carbocycles. The van der Waals surface area contributed by atoms with Gasteiger partial charge in [-0.3, -0.25) is 14.8 Å². The van der Waals surface area contributed by atoms with Crippen LogP contribution in [0, 0.1) is 5.82 Å². The van der Waals surface area contributed by atoms with Crippen LogP contribution in [0.4, 0.5) is 4.39 Å². The monoisotopic (exact) mass is 456 g/mol. The Morgan fingerprint density at radius 3 is 2.62 bits per heavy atom. The number of piperidine rings is 1. The van der Waals surface area contributed by atoms with Gasteiger partial charge in [-0.2, -0.15) is 0 Å². The molecule has 5 rings (SSSR count). The minimum Gasteiger partial charge on any atom is -0.434 e. The van der Waals surface area contributed by atoms with Crippen molar-refractivity contribution >= 4 is 5.91 Å². The van der Waals surface area contributed by atoms with Gasteiger partial charge < -0.3 is 9.64 Å². The van der Waals surface area contributed by atoms with Crippen molar-refractivity contribution in [2.75, 3.05) is 13.1 Å². The summed E-state index contributed by atoms with van der Waals surface area (Å²) in [7, 11) is 0. The smallest absolute Gasteiger partial charge is 0.255 e. The number of likely N-dealkylation sites (tertiary alicyclic amines) is 1. The van der Waals surface area contributed by atoms with Crippen LogP contribution < -0.4 is 4.74 Å². The third-order valence-electron chi connectivity index (χ3n) is 5.70. The fraction of sp³-hybridized carbons (Fsp3) is 0.200. The van der Waals surface area contributed by atoms with Crippen LogP contribution >= 0.6 is 0 Å². The van der Waals surface area contributed by atoms with Crippen molar-refractivity contribution in [2.45, 2.75) is 18.8 Å². The number of halogens is 1. The number of aromatic nitrogens is 5. The van der Waals surface area contributed by atoms with Crippen LogP contribution in [0.3, 0.4) is 0 Å². The molecule has 1 fully saturated rings. The Kier molecular flexibility index (Phi) is 6.15. The highest BCUT2D eigenvalue weighted by Gasteiger charge is 2.29. The predicted molar refractivity (Wildman–Crippen MR) is 122 cm³/mol. The lowest BCUT2D eigenvalue weighted by Gasteiger charge is -2.32. The molecule has 3 aromatic heterocycles. The van der Waals surface area contributed by atoms with Gasteiger partial charge in [-0.15, -0.1) is 0 Å². The molecular weight excluding hydrogens is 435 g/mol. The van der Waals surface area contributed by atoms with Gasteiger partial charge in [0.15, 0.2) is 11.6 Å². The average molecular weight is 456 g/mol. The Hall–Kier alpha value is -4.27. The summed E-state index contributed by atoms with van der Waals surface area (Å²) >= 11 is 0. The SMILES string of the molecule is O=C(c1ccc(-c2cncnc2)nc1)N1CCC[C@H](c2nccnc2Oc2ccccc2F)C1. The van der Waals surface area contributed by atoms with E-state index >= 15 is 0 Å². The number of ether oxygens (including phenoxy) is 1. The molecule has 4 aromatic rings. The predicted octanol–water partition coefficient (Wildman–Crippen LogP) is 4.28. The number of pyridine rings is 1. The van der Waals surface area contributed by atoms with Crippen LogP contribution in [0.25, 0.3) is 11.3 Å². The lowest BCUT2D eigenvalue weighted by molar-refractivity contribution is 0.0704. The summed E-state index contributed by atoms with van der Waals surface area (Å²) in [6.45, 7) is 1.09. The molecular formula is C25H21FN6O2. The maximum atomic E-state index is 14.1. The Morgan fingerprint density at radius 1 is 1.00 bits per heavy atom. The zero-order chi connectivity index (χ0) is 23.3. The highest BCUT2D eigenvalue weighted by Crippen LogP contribution is 2.33. The van der Waals surface area contributed by atoms with Gasteiger partial charge in [0.2, 0.25) is 5.88 Å². The van der Waals surface area contributed by atoms with Gasteiger partial charge >= 0.3 is 0 Å². The normalized spacial score (nSPS) is 15.7. The largest absolute Gasteiger partial charge is 0.434 e. The van der Waals surface area contributed by atoms with Gasteiger partial charge in [0.25, 0.3) is 5.91 Å². The molecule has 1 aliphatic rings. The van der Waals surface area contributed by atoms with Gasteiger partial charge in [-0.1, -0.05) is 12.1 Å². The van der Waals surface area contributed by atoms with E-state index in [1.54, 1.807) is 60.0 Å². The molecule has 0 aliphatic carbocycles. The van der Waals surface area contributed by atoms with E-state index in [1.165, 1.54) is 18.6 Å². The van der Waals surface area contributed by atoms with E-state index in [0.29, 0.717) is 30.0 Å². The number of benzene rings is 1. The Bertz CT molecular complexity index is 1290. The van der Waals surface area contributed by atoms with E-state index < -0.39 is 5.82 Å². The van der Waals surface area contributed by atoms with Crippen LogP contribution in [0.2, 0.25) is 0 Å². The lowest BCUT2D eigenvalue weighted by atomic mass is 9.94. The summed E-state index contributed by atoms with van der Waals surface area (Å²) in [6.07, 6.45) is 11.1. The number of carbonyl (C=O) groups is 1. The Morgan fingerprint density at radius 2 is 1.82 bits per heavy atom. The van der Waals surface area contributed by atoms with E-state index in [2.05, 4.69) is 24.9 Å². The molecule has 170 valence electrons. The molecule has 1 amide bonds. The number of rotatable bonds is 5. The number of hydrogen-bond donors (Lipinski definition) is 0. The molecule has 34 heavy (non-hydrogen) atoms. The van der Waals surface area contributed by atoms with Crippen molar-refractivity contribution in [1.82, 2.24) is 29.8 Å². The quantitative estimate of drug-likeness (QED) is 0.442. The summed E-state index contributed by atoms with van der Waals surface area (Å²) in [5, 5.41) is 0. The molecule has 0 spiro atoms. The molecule has 0 N–H and O–H groups in total. The topological polar surface area (TPSA) is 94.0 Å². The van der Waals surface area contributed by atoms with Crippen LogP contribution in [0.15, 0.2) is 73.7 Å². The van der Waals surface area contributed by atoms with Crippen LogP contribution in [0.1, 0.15) is 34.8 Å². The highest BCUT2D eigenvalue weighted by atomic mass is 19.1. The fourth-order valence-corrected chi connectivity index (χ4v) is 4.02. The molecule has 0 saturated carbocycles. The van der Waals surface area contributed by atoms with Crippen molar-refractivity contribution in [3.63, 3.8) is 0 Å². The molecule has 9 heteroatoms. The average Bonchev–Trinajstić information content (AvgIpc) is 2.90. The minimum atomic E-state index is -0.474. The maximum absolute atomic E-state index is 14.1. The van der Waals surface area contributed by atoms with Crippen LogP contribution in [-0.4, -0.2) is 48.8 Å². The third-order valence-corrected chi connectivity index (χ3v) is 5.70. The maximum Gasteiger partial charge on any atom is 0.255 e. The first-order valence-electron chi connectivity index (χ1n) is 10.9. The highest BCUT2D eigenvalue weighted by molar-refractivity contribution is 5.94. The molecule has 1 aliphatic heterocycles. The molecule has 1 saturated heterocycles. The van der Waals surface area contributed by atoms with Gasteiger partial charge in [0.05, 0.1) is 11.3 Å². The second kappa shape index (κ2) is 9.70. The Balaban J connectivity index is 1.33. The van der Waals surface area contributed by atoms with E-state index in [0.717, 1.165) is 18.4 Å². The number of para-hydroxylation sites is 1. The standard InChI is InChI=1S/C25H21FN6O2/c26-20-5-1-2-6-22(20)34-24-23(29-9-10-30-24)18-4-3-11-32(15-18)25(33)17-7-8-21(31-14-17)19-12-27-16-28-13-19/h1-2,5-10,12-14,16,18H,3-4,11,15H2/t18-/m0/s1. The zero-order valence-corrected chi connectivity index (χ0v) is 18.2. The second-order valence-corrected chi connectivity index (χ2v) is 7.93. The number of hydrogen-bond acceptors (Lipinski definition) is 7.